The lowest BCUT2D eigenvalue weighted by Gasteiger charge is -2.28. The number of morpholine rings is 1. The van der Waals surface area contributed by atoms with Gasteiger partial charge in [0.05, 0.1) is 43.6 Å². The standard InChI is InChI=1S/C19H20N8O2/c28-11-16-15(9-22-25-16)17-10-20-18(19-21-12-23-27(17)19)24-13-1-3-14(4-2-13)26-5-7-29-8-6-26/h1-4,9-10,12,28H,5-8,11H2,(H,20,24)(H,22,25). The van der Waals surface area contributed by atoms with E-state index in [0.717, 1.165) is 37.6 Å². The average Bonchev–Trinajstić information content (AvgIpc) is 3.45. The van der Waals surface area contributed by atoms with E-state index < -0.39 is 0 Å². The highest BCUT2D eigenvalue weighted by Crippen LogP contribution is 2.27. The number of fused-ring (bicyclic) bond motifs is 1. The summed E-state index contributed by atoms with van der Waals surface area (Å²) in [6.07, 6.45) is 4.81. The number of nitrogens with one attached hydrogen (secondary N) is 2. The maximum atomic E-state index is 9.50. The summed E-state index contributed by atoms with van der Waals surface area (Å²) in [6.45, 7) is 3.17. The lowest BCUT2D eigenvalue weighted by Crippen LogP contribution is -2.36. The van der Waals surface area contributed by atoms with E-state index >= 15 is 0 Å². The Bertz CT molecular complexity index is 1110. The van der Waals surface area contributed by atoms with Crippen molar-refractivity contribution in [3.63, 3.8) is 0 Å². The highest BCUT2D eigenvalue weighted by molar-refractivity contribution is 5.74. The molecule has 1 fully saturated rings. The van der Waals surface area contributed by atoms with Crippen LogP contribution in [0.15, 0.2) is 43.0 Å². The second-order valence-corrected chi connectivity index (χ2v) is 6.68. The minimum absolute atomic E-state index is 0.152. The maximum Gasteiger partial charge on any atom is 0.199 e. The summed E-state index contributed by atoms with van der Waals surface area (Å²) in [5.74, 6) is 0.597. The Kier molecular flexibility index (Phi) is 4.54. The molecule has 3 N–H and O–H groups in total. The number of H-pyrrole nitrogens is 1. The first-order chi connectivity index (χ1) is 14.3. The van der Waals surface area contributed by atoms with Gasteiger partial charge in [-0.3, -0.25) is 5.10 Å². The van der Waals surface area contributed by atoms with Crippen molar-refractivity contribution >= 4 is 22.8 Å². The van der Waals surface area contributed by atoms with E-state index in [9.17, 15) is 5.11 Å². The highest BCUT2D eigenvalue weighted by Gasteiger charge is 2.16. The highest BCUT2D eigenvalue weighted by atomic mass is 16.5. The number of aromatic amines is 1. The predicted molar refractivity (Wildman–Crippen MR) is 107 cm³/mol. The summed E-state index contributed by atoms with van der Waals surface area (Å²) in [5.41, 5.74) is 4.70. The summed E-state index contributed by atoms with van der Waals surface area (Å²) in [5, 5.41) is 23.9. The van der Waals surface area contributed by atoms with Gasteiger partial charge in [0.1, 0.15) is 6.33 Å². The summed E-state index contributed by atoms with van der Waals surface area (Å²) < 4.78 is 7.09. The van der Waals surface area contributed by atoms with Crippen molar-refractivity contribution in [2.24, 2.45) is 0 Å². The van der Waals surface area contributed by atoms with Crippen molar-refractivity contribution in [3.05, 3.63) is 48.7 Å². The monoisotopic (exact) mass is 392 g/mol. The minimum atomic E-state index is -0.152. The van der Waals surface area contributed by atoms with Crippen LogP contribution in [-0.4, -0.2) is 61.2 Å². The largest absolute Gasteiger partial charge is 0.390 e. The number of nitrogens with zero attached hydrogens (tertiary/aromatic N) is 6. The first-order valence-electron chi connectivity index (χ1n) is 9.35. The zero-order chi connectivity index (χ0) is 19.6. The van der Waals surface area contributed by atoms with E-state index in [1.54, 1.807) is 16.9 Å². The molecule has 10 heteroatoms. The van der Waals surface area contributed by atoms with E-state index in [1.807, 2.05) is 12.1 Å². The van der Waals surface area contributed by atoms with Crippen molar-refractivity contribution in [2.45, 2.75) is 6.61 Å². The molecular weight excluding hydrogens is 372 g/mol. The van der Waals surface area contributed by atoms with Gasteiger partial charge in [-0.25, -0.2) is 14.5 Å². The predicted octanol–water partition coefficient (Wildman–Crippen LogP) is 1.59. The van der Waals surface area contributed by atoms with Gasteiger partial charge >= 0.3 is 0 Å². The molecule has 3 aromatic heterocycles. The SMILES string of the molecule is OCc1[nH]ncc1-c1cnc(Nc2ccc(N3CCOCC3)cc2)c2ncnn12. The Hall–Kier alpha value is -3.50. The Morgan fingerprint density at radius 1 is 1.10 bits per heavy atom. The van der Waals surface area contributed by atoms with Gasteiger partial charge in [-0.1, -0.05) is 0 Å². The van der Waals surface area contributed by atoms with Crippen molar-refractivity contribution in [2.75, 3.05) is 36.5 Å². The number of aliphatic hydroxyl groups is 1. The molecule has 5 rings (SSSR count). The Balaban J connectivity index is 1.43. The molecule has 1 saturated heterocycles. The molecule has 1 aliphatic rings. The topological polar surface area (TPSA) is 116 Å². The van der Waals surface area contributed by atoms with Crippen molar-refractivity contribution in [1.82, 2.24) is 29.8 Å². The lowest BCUT2D eigenvalue weighted by atomic mass is 10.2. The van der Waals surface area contributed by atoms with Crippen LogP contribution in [-0.2, 0) is 11.3 Å². The Morgan fingerprint density at radius 2 is 1.93 bits per heavy atom. The Morgan fingerprint density at radius 3 is 2.72 bits per heavy atom. The number of aromatic nitrogens is 6. The molecule has 0 spiro atoms. The molecule has 29 heavy (non-hydrogen) atoms. The zero-order valence-corrected chi connectivity index (χ0v) is 15.6. The van der Waals surface area contributed by atoms with Crippen LogP contribution in [0.1, 0.15) is 5.69 Å². The second-order valence-electron chi connectivity index (χ2n) is 6.68. The van der Waals surface area contributed by atoms with Crippen molar-refractivity contribution < 1.29 is 9.84 Å². The molecule has 4 heterocycles. The molecule has 0 bridgehead atoms. The lowest BCUT2D eigenvalue weighted by molar-refractivity contribution is 0.122. The summed E-state index contributed by atoms with van der Waals surface area (Å²) in [6, 6.07) is 8.21. The number of ether oxygens (including phenoxy) is 1. The van der Waals surface area contributed by atoms with Crippen LogP contribution in [0, 0.1) is 0 Å². The third-order valence-electron chi connectivity index (χ3n) is 4.96. The fraction of sp³-hybridized carbons (Fsp3) is 0.263. The number of aliphatic hydroxyl groups excluding tert-OH is 1. The molecule has 0 radical (unpaired) electrons. The van der Waals surface area contributed by atoms with Crippen LogP contribution in [0.25, 0.3) is 16.9 Å². The smallest absolute Gasteiger partial charge is 0.199 e. The molecule has 10 nitrogen and oxygen atoms in total. The van der Waals surface area contributed by atoms with E-state index in [2.05, 4.69) is 47.6 Å². The Labute approximate surface area is 166 Å². The molecule has 4 aromatic rings. The van der Waals surface area contributed by atoms with Gasteiger partial charge in [0.15, 0.2) is 11.5 Å². The van der Waals surface area contributed by atoms with Gasteiger partial charge in [0.25, 0.3) is 0 Å². The third kappa shape index (κ3) is 3.28. The fourth-order valence-corrected chi connectivity index (χ4v) is 3.46. The van der Waals surface area contributed by atoms with Crippen LogP contribution in [0.3, 0.4) is 0 Å². The normalized spacial score (nSPS) is 14.4. The quantitative estimate of drug-likeness (QED) is 0.469. The van der Waals surface area contributed by atoms with E-state index in [1.165, 1.54) is 12.0 Å². The van der Waals surface area contributed by atoms with Gasteiger partial charge in [0, 0.05) is 30.0 Å². The van der Waals surface area contributed by atoms with Crippen LogP contribution >= 0.6 is 0 Å². The van der Waals surface area contributed by atoms with Crippen LogP contribution in [0.4, 0.5) is 17.2 Å². The molecule has 148 valence electrons. The number of hydrogen-bond donors (Lipinski definition) is 3. The van der Waals surface area contributed by atoms with Crippen molar-refractivity contribution in [3.8, 4) is 11.3 Å². The average molecular weight is 392 g/mol. The third-order valence-corrected chi connectivity index (χ3v) is 4.96. The van der Waals surface area contributed by atoms with E-state index in [0.29, 0.717) is 22.9 Å². The van der Waals surface area contributed by atoms with E-state index in [-0.39, 0.29) is 6.61 Å². The molecule has 0 atom stereocenters. The number of hydrogen-bond acceptors (Lipinski definition) is 8. The second kappa shape index (κ2) is 7.49. The summed E-state index contributed by atoms with van der Waals surface area (Å²) >= 11 is 0. The van der Waals surface area contributed by atoms with Gasteiger partial charge in [-0.05, 0) is 24.3 Å². The first kappa shape index (κ1) is 17.6. The van der Waals surface area contributed by atoms with Crippen LogP contribution in [0.5, 0.6) is 0 Å². The van der Waals surface area contributed by atoms with Gasteiger partial charge in [-0.2, -0.15) is 10.2 Å². The molecule has 0 unspecified atom stereocenters. The fourth-order valence-electron chi connectivity index (χ4n) is 3.46. The number of benzene rings is 1. The summed E-state index contributed by atoms with van der Waals surface area (Å²) in [4.78, 5) is 11.2. The first-order valence-corrected chi connectivity index (χ1v) is 9.35. The molecular formula is C19H20N8O2. The van der Waals surface area contributed by atoms with Crippen molar-refractivity contribution in [1.29, 1.82) is 0 Å². The minimum Gasteiger partial charge on any atom is -0.390 e. The van der Waals surface area contributed by atoms with Crippen LogP contribution < -0.4 is 10.2 Å². The molecule has 0 aliphatic carbocycles. The molecule has 0 saturated carbocycles. The molecule has 1 aromatic carbocycles. The molecule has 0 amide bonds. The summed E-state index contributed by atoms with van der Waals surface area (Å²) in [7, 11) is 0. The maximum absolute atomic E-state index is 9.50. The molecule has 1 aliphatic heterocycles. The van der Waals surface area contributed by atoms with Crippen LogP contribution in [0.2, 0.25) is 0 Å². The van der Waals surface area contributed by atoms with E-state index in [4.69, 9.17) is 4.74 Å². The van der Waals surface area contributed by atoms with Gasteiger partial charge in [-0.15, -0.1) is 0 Å². The van der Waals surface area contributed by atoms with Gasteiger partial charge < -0.3 is 20.1 Å². The van der Waals surface area contributed by atoms with Gasteiger partial charge in [0.2, 0.25) is 0 Å². The number of anilines is 3. The zero-order valence-electron chi connectivity index (χ0n) is 15.6. The number of rotatable bonds is 5.